The summed E-state index contributed by atoms with van der Waals surface area (Å²) in [5.74, 6) is -1.55. The number of pyridine rings is 2. The van der Waals surface area contributed by atoms with Crippen LogP contribution in [0.5, 0.6) is 0 Å². The Balaban J connectivity index is 0.878. The lowest BCUT2D eigenvalue weighted by atomic mass is 9.81. The first kappa shape index (κ1) is 37.3. The van der Waals surface area contributed by atoms with Crippen molar-refractivity contribution >= 4 is 35.0 Å². The van der Waals surface area contributed by atoms with Crippen LogP contribution in [-0.2, 0) is 43.4 Å². The molecule has 3 amide bonds. The second-order valence-electron chi connectivity index (χ2n) is 14.3. The Kier molecular flexibility index (Phi) is 9.92. The van der Waals surface area contributed by atoms with E-state index in [-0.39, 0.29) is 37.9 Å². The molecule has 1 unspecified atom stereocenters. The van der Waals surface area contributed by atoms with Gasteiger partial charge in [-0.2, -0.15) is 0 Å². The molecule has 14 nitrogen and oxygen atoms in total. The number of rotatable bonds is 11. The van der Waals surface area contributed by atoms with Crippen molar-refractivity contribution in [2.45, 2.75) is 51.8 Å². The van der Waals surface area contributed by atoms with Gasteiger partial charge in [-0.05, 0) is 77.3 Å². The van der Waals surface area contributed by atoms with Gasteiger partial charge < -0.3 is 39.8 Å². The highest BCUT2D eigenvalue weighted by molar-refractivity contribution is 5.93. The Morgan fingerprint density at radius 2 is 1.67 bits per heavy atom. The van der Waals surface area contributed by atoms with Gasteiger partial charge in [-0.25, -0.2) is 19.0 Å². The summed E-state index contributed by atoms with van der Waals surface area (Å²) in [6, 6.07) is 18.5. The molecule has 0 fully saturated rings. The number of hydrogen-bond acceptors (Lipinski definition) is 9. The third-order valence-corrected chi connectivity index (χ3v) is 11.0. The maximum absolute atomic E-state index is 15.1. The standard InChI is InChI=1S/C42H38FN5O9/c1-21-13-34-39-28(16-48(34)40(51)29(21)17-57-42(53)54)38-32(12-11-23-22(2)31(43)14-33(47-39)37(23)38)46-36(50)19-55-20-45-35(49)15-44-41(52)56-18-30-26-9-5-3-7-24(26)25-8-4-6-10-27(25)30/h3-10,13-14,30,32H,11-12,15-20H2,1-2H3,(H,44,52)(H,45,49)(H,46,50)(H,53,54). The second kappa shape index (κ2) is 15.1. The summed E-state index contributed by atoms with van der Waals surface area (Å²) >= 11 is 0. The number of hydrogen-bond donors (Lipinski definition) is 4. The maximum Gasteiger partial charge on any atom is 0.506 e. The summed E-state index contributed by atoms with van der Waals surface area (Å²) in [4.78, 5) is 67.6. The fraction of sp³-hybridized carbons (Fsp3) is 0.286. The number of fused-ring (bicyclic) bond motifs is 7. The molecule has 4 N–H and O–H groups in total. The van der Waals surface area contributed by atoms with Gasteiger partial charge in [0, 0.05) is 22.9 Å². The predicted molar refractivity (Wildman–Crippen MR) is 204 cm³/mol. The molecule has 0 radical (unpaired) electrons. The number of aryl methyl sites for hydroxylation is 2. The summed E-state index contributed by atoms with van der Waals surface area (Å²) in [5, 5.41) is 17.7. The van der Waals surface area contributed by atoms with Crippen molar-refractivity contribution in [3.63, 3.8) is 0 Å². The summed E-state index contributed by atoms with van der Waals surface area (Å²) < 4.78 is 32.3. The molecule has 8 rings (SSSR count). The van der Waals surface area contributed by atoms with Crippen molar-refractivity contribution in [2.75, 3.05) is 26.5 Å². The molecule has 3 aromatic carbocycles. The average Bonchev–Trinajstić information content (AvgIpc) is 3.72. The highest BCUT2D eigenvalue weighted by Gasteiger charge is 2.35. The van der Waals surface area contributed by atoms with Gasteiger partial charge in [0.25, 0.3) is 5.56 Å². The van der Waals surface area contributed by atoms with Crippen LogP contribution in [0.4, 0.5) is 14.0 Å². The molecule has 2 aromatic heterocycles. The lowest BCUT2D eigenvalue weighted by molar-refractivity contribution is -0.129. The first-order chi connectivity index (χ1) is 27.5. The number of carbonyl (C=O) groups is 4. The topological polar surface area (TPSA) is 187 Å². The van der Waals surface area contributed by atoms with Crippen molar-refractivity contribution in [3.8, 4) is 22.5 Å². The minimum absolute atomic E-state index is 0.104. The molecule has 1 atom stereocenters. The van der Waals surface area contributed by atoms with E-state index < -0.39 is 54.7 Å². The minimum atomic E-state index is -1.50. The Hall–Kier alpha value is -6.61. The number of alkyl carbamates (subject to hydrolysis) is 1. The molecule has 0 spiro atoms. The van der Waals surface area contributed by atoms with Crippen molar-refractivity contribution < 1.29 is 42.9 Å². The molecular weight excluding hydrogens is 737 g/mol. The number of carbonyl (C=O) groups excluding carboxylic acids is 3. The van der Waals surface area contributed by atoms with Gasteiger partial charge in [-0.1, -0.05) is 48.5 Å². The minimum Gasteiger partial charge on any atom is -0.450 e. The van der Waals surface area contributed by atoms with Gasteiger partial charge in [-0.3, -0.25) is 14.4 Å². The van der Waals surface area contributed by atoms with Crippen LogP contribution < -0.4 is 21.5 Å². The van der Waals surface area contributed by atoms with Gasteiger partial charge in [0.05, 0.1) is 35.1 Å². The first-order valence-electron chi connectivity index (χ1n) is 18.5. The van der Waals surface area contributed by atoms with Crippen molar-refractivity contribution in [3.05, 3.63) is 121 Å². The first-order valence-corrected chi connectivity index (χ1v) is 18.5. The van der Waals surface area contributed by atoms with E-state index >= 15 is 4.39 Å². The Morgan fingerprint density at radius 1 is 0.947 bits per heavy atom. The van der Waals surface area contributed by atoms with E-state index in [1.54, 1.807) is 19.9 Å². The summed E-state index contributed by atoms with van der Waals surface area (Å²) in [6.45, 7) is 2.12. The molecule has 0 saturated carbocycles. The molecule has 0 bridgehead atoms. The lowest BCUT2D eigenvalue weighted by Gasteiger charge is -2.29. The van der Waals surface area contributed by atoms with E-state index in [1.807, 2.05) is 48.5 Å². The van der Waals surface area contributed by atoms with E-state index in [1.165, 1.54) is 10.6 Å². The summed E-state index contributed by atoms with van der Waals surface area (Å²) in [7, 11) is 0. The molecular formula is C42H38FN5O9. The predicted octanol–water partition coefficient (Wildman–Crippen LogP) is 5.11. The number of nitrogens with one attached hydrogen (secondary N) is 3. The molecule has 5 aromatic rings. The third kappa shape index (κ3) is 6.94. The highest BCUT2D eigenvalue weighted by Crippen LogP contribution is 2.46. The van der Waals surface area contributed by atoms with Crippen LogP contribution in [-0.4, -0.2) is 65.2 Å². The molecule has 15 heteroatoms. The molecule has 292 valence electrons. The van der Waals surface area contributed by atoms with E-state index in [2.05, 4.69) is 16.0 Å². The Bertz CT molecular complexity index is 2520. The lowest BCUT2D eigenvalue weighted by Crippen LogP contribution is -2.39. The molecule has 3 heterocycles. The number of halogens is 1. The van der Waals surface area contributed by atoms with Crippen molar-refractivity contribution in [1.82, 2.24) is 25.5 Å². The van der Waals surface area contributed by atoms with Crippen LogP contribution in [0.15, 0.2) is 65.5 Å². The zero-order chi connectivity index (χ0) is 40.0. The van der Waals surface area contributed by atoms with Gasteiger partial charge in [0.2, 0.25) is 11.8 Å². The van der Waals surface area contributed by atoms with Crippen molar-refractivity contribution in [2.24, 2.45) is 0 Å². The van der Waals surface area contributed by atoms with Crippen LogP contribution >= 0.6 is 0 Å². The zero-order valence-corrected chi connectivity index (χ0v) is 31.1. The van der Waals surface area contributed by atoms with Crippen LogP contribution in [0.1, 0.15) is 62.9 Å². The fourth-order valence-electron chi connectivity index (χ4n) is 8.30. The molecule has 1 aliphatic heterocycles. The number of aromatic nitrogens is 2. The number of carboxylic acid groups (broad SMARTS) is 1. The monoisotopic (exact) mass is 775 g/mol. The summed E-state index contributed by atoms with van der Waals surface area (Å²) in [5.41, 5.74) is 8.68. The highest BCUT2D eigenvalue weighted by atomic mass is 19.1. The van der Waals surface area contributed by atoms with Crippen LogP contribution in [0, 0.1) is 19.7 Å². The number of nitrogens with zero attached hydrogens (tertiary/aromatic N) is 2. The van der Waals surface area contributed by atoms with Crippen LogP contribution in [0.25, 0.3) is 33.4 Å². The molecule has 57 heavy (non-hydrogen) atoms. The van der Waals surface area contributed by atoms with Gasteiger partial charge in [0.15, 0.2) is 0 Å². The van der Waals surface area contributed by atoms with Gasteiger partial charge in [-0.15, -0.1) is 0 Å². The molecule has 0 saturated heterocycles. The largest absolute Gasteiger partial charge is 0.506 e. The van der Waals surface area contributed by atoms with E-state index in [0.717, 1.165) is 33.4 Å². The SMILES string of the molecule is Cc1cc2n(c(=O)c1COC(=O)O)Cc1c-2nc2cc(F)c(C)c3c2c1C(NC(=O)COCNC(=O)CNC(=O)OCC1c2ccccc2-c2ccccc21)CC3. The van der Waals surface area contributed by atoms with Crippen molar-refractivity contribution in [1.29, 1.82) is 0 Å². The maximum atomic E-state index is 15.1. The fourth-order valence-corrected chi connectivity index (χ4v) is 8.30. The average molecular weight is 776 g/mol. The normalized spacial score (nSPS) is 14.6. The van der Waals surface area contributed by atoms with Gasteiger partial charge in [0.1, 0.15) is 38.9 Å². The molecule has 3 aliphatic rings. The van der Waals surface area contributed by atoms with E-state index in [0.29, 0.717) is 51.8 Å². The van der Waals surface area contributed by atoms with Gasteiger partial charge >= 0.3 is 12.2 Å². The number of ether oxygens (including phenoxy) is 3. The molecule has 2 aliphatic carbocycles. The van der Waals surface area contributed by atoms with E-state index in [4.69, 9.17) is 24.3 Å². The Morgan fingerprint density at radius 3 is 2.39 bits per heavy atom. The van der Waals surface area contributed by atoms with Crippen LogP contribution in [0.2, 0.25) is 0 Å². The Labute approximate surface area is 325 Å². The number of benzene rings is 3. The van der Waals surface area contributed by atoms with Crippen LogP contribution in [0.3, 0.4) is 0 Å². The zero-order valence-electron chi connectivity index (χ0n) is 31.1. The quantitative estimate of drug-likeness (QED) is 0.0783. The smallest absolute Gasteiger partial charge is 0.450 e. The second-order valence-corrected chi connectivity index (χ2v) is 14.3. The van der Waals surface area contributed by atoms with E-state index in [9.17, 15) is 24.0 Å². The number of amides is 3. The third-order valence-electron chi connectivity index (χ3n) is 11.0. The summed E-state index contributed by atoms with van der Waals surface area (Å²) in [6.07, 6.45) is -1.34.